The Labute approximate surface area is 140 Å². The first-order valence-electron chi connectivity index (χ1n) is 8.07. The lowest BCUT2D eigenvalue weighted by atomic mass is 10.2. The fourth-order valence-electron chi connectivity index (χ4n) is 3.06. The highest BCUT2D eigenvalue weighted by atomic mass is 16.5. The number of rotatable bonds is 4. The van der Waals surface area contributed by atoms with E-state index in [1.807, 2.05) is 41.5 Å². The van der Waals surface area contributed by atoms with E-state index in [1.165, 1.54) is 5.56 Å². The van der Waals surface area contributed by atoms with E-state index in [-0.39, 0.29) is 0 Å². The Hall–Kier alpha value is -2.67. The van der Waals surface area contributed by atoms with Crippen LogP contribution in [0.15, 0.2) is 43.1 Å². The lowest BCUT2D eigenvalue weighted by Gasteiger charge is -2.35. The van der Waals surface area contributed by atoms with Gasteiger partial charge in [0.1, 0.15) is 0 Å². The van der Waals surface area contributed by atoms with Gasteiger partial charge in [0.15, 0.2) is 11.5 Å². The predicted octanol–water partition coefficient (Wildman–Crippen LogP) is 1.46. The molecule has 1 fully saturated rings. The van der Waals surface area contributed by atoms with Gasteiger partial charge in [-0.3, -0.25) is 4.90 Å². The Morgan fingerprint density at radius 2 is 1.79 bits per heavy atom. The Morgan fingerprint density at radius 1 is 1.00 bits per heavy atom. The van der Waals surface area contributed by atoms with Crippen molar-refractivity contribution in [3.8, 4) is 5.88 Å². The van der Waals surface area contributed by atoms with Crippen molar-refractivity contribution in [3.05, 3.63) is 48.7 Å². The van der Waals surface area contributed by atoms with Gasteiger partial charge >= 0.3 is 0 Å². The molecule has 0 aromatic carbocycles. The molecule has 0 radical (unpaired) electrons. The second kappa shape index (κ2) is 6.45. The normalized spacial score (nSPS) is 15.8. The van der Waals surface area contributed by atoms with Gasteiger partial charge in [-0.15, -0.1) is 0 Å². The summed E-state index contributed by atoms with van der Waals surface area (Å²) in [5.74, 6) is 1.62. The molecular weight excluding hydrogens is 304 g/mol. The second-order valence-electron chi connectivity index (χ2n) is 5.88. The van der Waals surface area contributed by atoms with E-state index in [9.17, 15) is 0 Å². The Morgan fingerprint density at radius 3 is 2.50 bits per heavy atom. The minimum absolute atomic E-state index is 0.655. The quantitative estimate of drug-likeness (QED) is 0.724. The molecule has 0 bridgehead atoms. The summed E-state index contributed by atoms with van der Waals surface area (Å²) in [6.07, 6.45) is 9.41. The molecule has 0 amide bonds. The minimum atomic E-state index is 0.655. The van der Waals surface area contributed by atoms with Crippen LogP contribution in [0.25, 0.3) is 5.65 Å². The second-order valence-corrected chi connectivity index (χ2v) is 5.88. The molecule has 0 saturated carbocycles. The predicted molar refractivity (Wildman–Crippen MR) is 91.3 cm³/mol. The largest absolute Gasteiger partial charge is 0.481 e. The van der Waals surface area contributed by atoms with Crippen LogP contribution in [0.3, 0.4) is 0 Å². The molecule has 0 aliphatic carbocycles. The number of hydrogen-bond acceptors (Lipinski definition) is 6. The van der Waals surface area contributed by atoms with E-state index in [0.29, 0.717) is 5.88 Å². The fourth-order valence-corrected chi connectivity index (χ4v) is 3.06. The zero-order chi connectivity index (χ0) is 16.4. The van der Waals surface area contributed by atoms with Crippen LogP contribution in [-0.4, -0.2) is 57.5 Å². The Kier molecular flexibility index (Phi) is 4.00. The first kappa shape index (κ1) is 14.9. The van der Waals surface area contributed by atoms with E-state index in [0.717, 1.165) is 44.2 Å². The van der Waals surface area contributed by atoms with Gasteiger partial charge in [0, 0.05) is 69.8 Å². The van der Waals surface area contributed by atoms with Gasteiger partial charge in [0.2, 0.25) is 5.88 Å². The maximum absolute atomic E-state index is 5.10. The molecule has 0 N–H and O–H groups in total. The van der Waals surface area contributed by atoms with Crippen LogP contribution in [-0.2, 0) is 6.54 Å². The summed E-state index contributed by atoms with van der Waals surface area (Å²) in [4.78, 5) is 18.0. The molecule has 24 heavy (non-hydrogen) atoms. The number of nitrogens with zero attached hydrogens (tertiary/aromatic N) is 6. The average molecular weight is 324 g/mol. The van der Waals surface area contributed by atoms with Crippen molar-refractivity contribution in [2.45, 2.75) is 6.54 Å². The van der Waals surface area contributed by atoms with Gasteiger partial charge in [-0.2, -0.15) is 0 Å². The molecule has 3 aromatic rings. The molecule has 1 aliphatic heterocycles. The van der Waals surface area contributed by atoms with Gasteiger partial charge in [-0.25, -0.2) is 15.0 Å². The van der Waals surface area contributed by atoms with E-state index in [4.69, 9.17) is 4.74 Å². The molecule has 4 heterocycles. The van der Waals surface area contributed by atoms with E-state index in [2.05, 4.69) is 30.8 Å². The molecule has 1 aliphatic rings. The van der Waals surface area contributed by atoms with Crippen molar-refractivity contribution >= 4 is 11.5 Å². The summed E-state index contributed by atoms with van der Waals surface area (Å²) in [6, 6.07) is 3.99. The third kappa shape index (κ3) is 2.90. The van der Waals surface area contributed by atoms with Crippen LogP contribution in [0.1, 0.15) is 5.56 Å². The van der Waals surface area contributed by atoms with Crippen molar-refractivity contribution in [1.29, 1.82) is 0 Å². The summed E-state index contributed by atoms with van der Waals surface area (Å²) in [6.45, 7) is 4.79. The van der Waals surface area contributed by atoms with Gasteiger partial charge in [-0.05, 0) is 5.56 Å². The molecule has 0 spiro atoms. The SMILES string of the molecule is COc1ccc(CN2CCN(c3nccn4ccnc34)CC2)cn1. The number of piperazine rings is 1. The third-order valence-electron chi connectivity index (χ3n) is 4.38. The van der Waals surface area contributed by atoms with E-state index in [1.54, 1.807) is 7.11 Å². The maximum Gasteiger partial charge on any atom is 0.212 e. The van der Waals surface area contributed by atoms with Gasteiger partial charge in [0.05, 0.1) is 7.11 Å². The molecule has 3 aromatic heterocycles. The molecule has 124 valence electrons. The topological polar surface area (TPSA) is 58.8 Å². The first-order chi connectivity index (χ1) is 11.8. The van der Waals surface area contributed by atoms with Gasteiger partial charge < -0.3 is 14.0 Å². The third-order valence-corrected chi connectivity index (χ3v) is 4.38. The number of methoxy groups -OCH3 is 1. The maximum atomic E-state index is 5.10. The van der Waals surface area contributed by atoms with Crippen LogP contribution in [0.4, 0.5) is 5.82 Å². The first-order valence-corrected chi connectivity index (χ1v) is 8.07. The smallest absolute Gasteiger partial charge is 0.212 e. The molecular formula is C17H20N6O. The Balaban J connectivity index is 1.40. The lowest BCUT2D eigenvalue weighted by Crippen LogP contribution is -2.46. The van der Waals surface area contributed by atoms with Crippen molar-refractivity contribution in [2.75, 3.05) is 38.2 Å². The Bertz CT molecular complexity index is 807. The highest BCUT2D eigenvalue weighted by molar-refractivity contribution is 5.64. The summed E-state index contributed by atoms with van der Waals surface area (Å²) >= 11 is 0. The highest BCUT2D eigenvalue weighted by Crippen LogP contribution is 2.19. The molecule has 4 rings (SSSR count). The molecule has 0 unspecified atom stereocenters. The number of fused-ring (bicyclic) bond motifs is 1. The van der Waals surface area contributed by atoms with E-state index >= 15 is 0 Å². The van der Waals surface area contributed by atoms with Crippen LogP contribution in [0.2, 0.25) is 0 Å². The number of ether oxygens (including phenoxy) is 1. The monoisotopic (exact) mass is 324 g/mol. The van der Waals surface area contributed by atoms with Crippen molar-refractivity contribution in [2.24, 2.45) is 0 Å². The summed E-state index contributed by atoms with van der Waals surface area (Å²) < 4.78 is 7.12. The molecule has 0 atom stereocenters. The zero-order valence-corrected chi connectivity index (χ0v) is 13.7. The van der Waals surface area contributed by atoms with Crippen molar-refractivity contribution in [1.82, 2.24) is 24.3 Å². The van der Waals surface area contributed by atoms with Crippen LogP contribution in [0.5, 0.6) is 5.88 Å². The fraction of sp³-hybridized carbons (Fsp3) is 0.353. The number of aromatic nitrogens is 4. The van der Waals surface area contributed by atoms with Crippen LogP contribution in [0, 0.1) is 0 Å². The standard InChI is InChI=1S/C17H20N6O/c1-24-15-3-2-14(12-20-15)13-21-8-10-23(11-9-21)17-16-18-4-6-22(16)7-5-19-17/h2-7,12H,8-11,13H2,1H3. The number of anilines is 1. The van der Waals surface area contributed by atoms with Gasteiger partial charge in [-0.1, -0.05) is 6.07 Å². The average Bonchev–Trinajstić information content (AvgIpc) is 3.12. The van der Waals surface area contributed by atoms with Crippen molar-refractivity contribution in [3.63, 3.8) is 0 Å². The summed E-state index contributed by atoms with van der Waals surface area (Å²) in [5, 5.41) is 0. The molecule has 7 nitrogen and oxygen atoms in total. The lowest BCUT2D eigenvalue weighted by molar-refractivity contribution is 0.249. The van der Waals surface area contributed by atoms with Gasteiger partial charge in [0.25, 0.3) is 0 Å². The summed E-state index contributed by atoms with van der Waals surface area (Å²) in [7, 11) is 1.63. The summed E-state index contributed by atoms with van der Waals surface area (Å²) in [5.41, 5.74) is 2.13. The number of imidazole rings is 1. The number of pyridine rings is 1. The molecule has 7 heteroatoms. The molecule has 1 saturated heterocycles. The highest BCUT2D eigenvalue weighted by Gasteiger charge is 2.20. The minimum Gasteiger partial charge on any atom is -0.481 e. The zero-order valence-electron chi connectivity index (χ0n) is 13.7. The van der Waals surface area contributed by atoms with Crippen LogP contribution < -0.4 is 9.64 Å². The van der Waals surface area contributed by atoms with Crippen LogP contribution >= 0.6 is 0 Å². The van der Waals surface area contributed by atoms with Crippen molar-refractivity contribution < 1.29 is 4.74 Å². The number of hydrogen-bond donors (Lipinski definition) is 0. The van der Waals surface area contributed by atoms with E-state index < -0.39 is 0 Å².